The molecule has 0 radical (unpaired) electrons. The van der Waals surface area contributed by atoms with Gasteiger partial charge in [0.1, 0.15) is 5.82 Å². The summed E-state index contributed by atoms with van der Waals surface area (Å²) in [6.45, 7) is 8.81. The number of aliphatic hydroxyl groups is 1. The van der Waals surface area contributed by atoms with Crippen molar-refractivity contribution in [2.45, 2.75) is 57.8 Å². The predicted octanol–water partition coefficient (Wildman–Crippen LogP) is 2.75. The molecule has 1 amide bonds. The second-order valence-corrected chi connectivity index (χ2v) is 8.67. The lowest BCUT2D eigenvalue weighted by Crippen LogP contribution is -2.49. The Morgan fingerprint density at radius 3 is 2.73 bits per heavy atom. The number of hydrogen-bond donors (Lipinski definition) is 2. The van der Waals surface area contributed by atoms with Gasteiger partial charge in [-0.25, -0.2) is 4.68 Å². The molecular weight excluding hydrogens is 378 g/mol. The summed E-state index contributed by atoms with van der Waals surface area (Å²) < 4.78 is 1.84. The summed E-state index contributed by atoms with van der Waals surface area (Å²) in [6, 6.07) is 12.0. The normalized spacial score (nSPS) is 21.7. The van der Waals surface area contributed by atoms with E-state index in [0.717, 1.165) is 19.5 Å². The van der Waals surface area contributed by atoms with Crippen LogP contribution in [0.25, 0.3) is 0 Å². The lowest BCUT2D eigenvalue weighted by Gasteiger charge is -2.32. The van der Waals surface area contributed by atoms with E-state index in [1.807, 2.05) is 47.8 Å². The van der Waals surface area contributed by atoms with Gasteiger partial charge in [0.25, 0.3) is 0 Å². The zero-order valence-electron chi connectivity index (χ0n) is 18.6. The Morgan fingerprint density at radius 2 is 2.03 bits per heavy atom. The van der Waals surface area contributed by atoms with Crippen LogP contribution in [-0.2, 0) is 11.3 Å². The molecule has 3 unspecified atom stereocenters. The van der Waals surface area contributed by atoms with Gasteiger partial charge in [-0.2, -0.15) is 5.10 Å². The highest BCUT2D eigenvalue weighted by Crippen LogP contribution is 2.25. The lowest BCUT2D eigenvalue weighted by molar-refractivity contribution is -0.121. The van der Waals surface area contributed by atoms with E-state index in [2.05, 4.69) is 41.3 Å². The first-order valence-corrected chi connectivity index (χ1v) is 10.8. The zero-order chi connectivity index (χ0) is 21.7. The number of anilines is 1. The van der Waals surface area contributed by atoms with E-state index in [4.69, 9.17) is 0 Å². The number of benzene rings is 1. The Morgan fingerprint density at radius 1 is 1.30 bits per heavy atom. The molecule has 1 fully saturated rings. The summed E-state index contributed by atoms with van der Waals surface area (Å²) in [7, 11) is 1.90. The van der Waals surface area contributed by atoms with E-state index < -0.39 is 5.60 Å². The number of rotatable bonds is 9. The second kappa shape index (κ2) is 9.73. The number of aromatic nitrogens is 2. The molecule has 3 rings (SSSR count). The molecule has 1 saturated heterocycles. The molecule has 3 atom stereocenters. The van der Waals surface area contributed by atoms with Crippen molar-refractivity contribution >= 4 is 11.7 Å². The Balaban J connectivity index is 1.54. The Labute approximate surface area is 179 Å². The number of likely N-dealkylation sites (tertiary alicyclic amines) is 1. The third-order valence-electron chi connectivity index (χ3n) is 6.17. The van der Waals surface area contributed by atoms with Crippen LogP contribution in [0, 0.1) is 0 Å². The van der Waals surface area contributed by atoms with Crippen molar-refractivity contribution in [3.05, 3.63) is 48.2 Å². The van der Waals surface area contributed by atoms with E-state index in [1.165, 1.54) is 5.56 Å². The van der Waals surface area contributed by atoms with Crippen molar-refractivity contribution in [1.29, 1.82) is 0 Å². The Bertz CT molecular complexity index is 824. The number of amides is 1. The number of carbonyl (C=O) groups excluding carboxylic acids is 1. The van der Waals surface area contributed by atoms with Crippen LogP contribution in [-0.4, -0.2) is 68.9 Å². The molecular formula is C23H35N5O2. The number of likely N-dealkylation sites (N-methyl/N-ethyl adjacent to an activating group) is 1. The van der Waals surface area contributed by atoms with Gasteiger partial charge in [0, 0.05) is 32.2 Å². The van der Waals surface area contributed by atoms with Crippen molar-refractivity contribution in [2.75, 3.05) is 32.0 Å². The summed E-state index contributed by atoms with van der Waals surface area (Å²) in [5.41, 5.74) is 0.442. The highest BCUT2D eigenvalue weighted by Gasteiger charge is 2.38. The molecule has 30 heavy (non-hydrogen) atoms. The highest BCUT2D eigenvalue weighted by atomic mass is 16.3. The third-order valence-corrected chi connectivity index (χ3v) is 6.17. The molecule has 2 aromatic rings. The monoisotopic (exact) mass is 413 g/mol. The van der Waals surface area contributed by atoms with Gasteiger partial charge >= 0.3 is 0 Å². The van der Waals surface area contributed by atoms with Crippen LogP contribution >= 0.6 is 0 Å². The molecule has 7 nitrogen and oxygen atoms in total. The van der Waals surface area contributed by atoms with E-state index in [9.17, 15) is 9.90 Å². The van der Waals surface area contributed by atoms with Gasteiger partial charge in [-0.1, -0.05) is 37.3 Å². The number of nitrogens with zero attached hydrogens (tertiary/aromatic N) is 4. The summed E-state index contributed by atoms with van der Waals surface area (Å²) in [4.78, 5) is 17.0. The maximum atomic E-state index is 12.8. The molecule has 1 aliphatic heterocycles. The molecule has 164 valence electrons. The molecule has 1 aromatic carbocycles. The Hall–Kier alpha value is -2.22. The van der Waals surface area contributed by atoms with Crippen LogP contribution in [0.15, 0.2) is 42.6 Å². The number of β-amino-alcohol motifs (C(OH)–C–C–N with tert-alkyl or cyclic N) is 1. The summed E-state index contributed by atoms with van der Waals surface area (Å²) >= 11 is 0. The molecule has 0 bridgehead atoms. The summed E-state index contributed by atoms with van der Waals surface area (Å²) in [5.74, 6) is 0.619. The topological polar surface area (TPSA) is 73.6 Å². The molecule has 1 aliphatic rings. The van der Waals surface area contributed by atoms with Gasteiger partial charge in [0.05, 0.1) is 23.9 Å². The molecule has 2 N–H and O–H groups in total. The van der Waals surface area contributed by atoms with E-state index in [0.29, 0.717) is 25.3 Å². The van der Waals surface area contributed by atoms with Crippen LogP contribution in [0.2, 0.25) is 0 Å². The van der Waals surface area contributed by atoms with Crippen LogP contribution in [0.1, 0.15) is 45.2 Å². The average Bonchev–Trinajstić information content (AvgIpc) is 3.34. The fourth-order valence-corrected chi connectivity index (χ4v) is 4.02. The smallest absolute Gasteiger partial charge is 0.242 e. The number of hydrogen-bond acceptors (Lipinski definition) is 5. The van der Waals surface area contributed by atoms with Gasteiger partial charge in [-0.3, -0.25) is 14.6 Å². The minimum absolute atomic E-state index is 0.0923. The van der Waals surface area contributed by atoms with E-state index in [-0.39, 0.29) is 18.0 Å². The van der Waals surface area contributed by atoms with Crippen molar-refractivity contribution in [3.63, 3.8) is 0 Å². The Kier molecular flexibility index (Phi) is 7.28. The van der Waals surface area contributed by atoms with E-state index >= 15 is 0 Å². The quantitative estimate of drug-likeness (QED) is 0.661. The predicted molar refractivity (Wildman–Crippen MR) is 119 cm³/mol. The standard InChI is InChI=1S/C23H35N5O2/c1-5-18(2)28-21(11-13-24-28)25-22(29)19(3)26(4)16-23(30)12-14-27(17-23)15-20-9-7-6-8-10-20/h6-11,13,18-19,30H,5,12,14-17H2,1-4H3,(H,25,29). The lowest BCUT2D eigenvalue weighted by atomic mass is 10.0. The van der Waals surface area contributed by atoms with Crippen molar-refractivity contribution < 1.29 is 9.90 Å². The highest BCUT2D eigenvalue weighted by molar-refractivity contribution is 5.93. The van der Waals surface area contributed by atoms with Gasteiger partial charge in [-0.05, 0) is 39.3 Å². The van der Waals surface area contributed by atoms with Crippen LogP contribution in [0.5, 0.6) is 0 Å². The van der Waals surface area contributed by atoms with Crippen molar-refractivity contribution in [1.82, 2.24) is 19.6 Å². The first-order chi connectivity index (χ1) is 14.3. The fraction of sp³-hybridized carbons (Fsp3) is 0.565. The third kappa shape index (κ3) is 5.47. The summed E-state index contributed by atoms with van der Waals surface area (Å²) in [6.07, 6.45) is 3.35. The number of nitrogens with one attached hydrogen (secondary N) is 1. The number of carbonyl (C=O) groups is 1. The molecule has 0 spiro atoms. The van der Waals surface area contributed by atoms with Crippen molar-refractivity contribution in [2.24, 2.45) is 0 Å². The molecule has 2 heterocycles. The maximum Gasteiger partial charge on any atom is 0.242 e. The summed E-state index contributed by atoms with van der Waals surface area (Å²) in [5, 5.41) is 18.4. The SMILES string of the molecule is CCC(C)n1nccc1NC(=O)C(C)N(C)CC1(O)CCN(Cc2ccccc2)C1. The van der Waals surface area contributed by atoms with Gasteiger partial charge in [0.2, 0.25) is 5.91 Å². The second-order valence-electron chi connectivity index (χ2n) is 8.67. The largest absolute Gasteiger partial charge is 0.387 e. The fourth-order valence-electron chi connectivity index (χ4n) is 4.02. The first-order valence-electron chi connectivity index (χ1n) is 10.8. The molecule has 7 heteroatoms. The van der Waals surface area contributed by atoms with Crippen LogP contribution < -0.4 is 5.32 Å². The van der Waals surface area contributed by atoms with Gasteiger partial charge in [-0.15, -0.1) is 0 Å². The minimum Gasteiger partial charge on any atom is -0.387 e. The van der Waals surface area contributed by atoms with Crippen molar-refractivity contribution in [3.8, 4) is 0 Å². The molecule has 1 aromatic heterocycles. The molecule has 0 aliphatic carbocycles. The maximum absolute atomic E-state index is 12.8. The zero-order valence-corrected chi connectivity index (χ0v) is 18.6. The minimum atomic E-state index is -0.809. The van der Waals surface area contributed by atoms with Crippen LogP contribution in [0.3, 0.4) is 0 Å². The van der Waals surface area contributed by atoms with Crippen LogP contribution in [0.4, 0.5) is 5.82 Å². The first kappa shape index (κ1) is 22.5. The van der Waals surface area contributed by atoms with E-state index in [1.54, 1.807) is 6.20 Å². The van der Waals surface area contributed by atoms with Gasteiger partial charge in [0.15, 0.2) is 0 Å². The van der Waals surface area contributed by atoms with Gasteiger partial charge < -0.3 is 10.4 Å². The average molecular weight is 414 g/mol. The molecule has 0 saturated carbocycles.